The van der Waals surface area contributed by atoms with Crippen LogP contribution in [0.25, 0.3) is 0 Å². The molecular formula is C18H34NO10P. The normalized spacial score (nSPS) is 15.1. The first-order valence-electron chi connectivity index (χ1n) is 10.1. The molecule has 12 heteroatoms. The first kappa shape index (κ1) is 28.5. The molecule has 0 aromatic carbocycles. The van der Waals surface area contributed by atoms with Crippen molar-refractivity contribution in [3.05, 3.63) is 0 Å². The largest absolute Gasteiger partial charge is 0.480 e. The number of nitrogens with one attached hydrogen (secondary N) is 1. The van der Waals surface area contributed by atoms with E-state index in [0.717, 1.165) is 25.7 Å². The van der Waals surface area contributed by atoms with Gasteiger partial charge in [-0.3, -0.25) is 18.6 Å². The van der Waals surface area contributed by atoms with Crippen molar-refractivity contribution in [2.45, 2.75) is 77.4 Å². The monoisotopic (exact) mass is 455 g/mol. The minimum atomic E-state index is -4.69. The Kier molecular flexibility index (Phi) is 15.4. The van der Waals surface area contributed by atoms with E-state index >= 15 is 0 Å². The van der Waals surface area contributed by atoms with Crippen molar-refractivity contribution in [3.8, 4) is 0 Å². The van der Waals surface area contributed by atoms with Crippen molar-refractivity contribution in [2.75, 3.05) is 19.8 Å². The van der Waals surface area contributed by atoms with E-state index in [-0.39, 0.29) is 12.8 Å². The lowest BCUT2D eigenvalue weighted by molar-refractivity contribution is -0.147. The van der Waals surface area contributed by atoms with Gasteiger partial charge in [-0.2, -0.15) is 0 Å². The van der Waals surface area contributed by atoms with Crippen molar-refractivity contribution < 1.29 is 47.8 Å². The van der Waals surface area contributed by atoms with Crippen LogP contribution in [0.5, 0.6) is 0 Å². The Bertz CT molecular complexity index is 571. The third kappa shape index (κ3) is 15.3. The van der Waals surface area contributed by atoms with Crippen molar-refractivity contribution in [1.82, 2.24) is 5.32 Å². The van der Waals surface area contributed by atoms with Crippen LogP contribution in [0.1, 0.15) is 65.2 Å². The van der Waals surface area contributed by atoms with Gasteiger partial charge < -0.3 is 25.2 Å². The first-order chi connectivity index (χ1) is 14.1. The molecule has 0 aromatic heterocycles. The van der Waals surface area contributed by atoms with Crippen LogP contribution >= 0.6 is 7.82 Å². The number of carboxylic acids is 1. The fourth-order valence-corrected chi connectivity index (χ4v) is 2.96. The second-order valence-electron chi connectivity index (χ2n) is 6.77. The molecule has 0 fully saturated rings. The lowest BCUT2D eigenvalue weighted by Gasteiger charge is -2.18. The van der Waals surface area contributed by atoms with Gasteiger partial charge in [0, 0.05) is 12.8 Å². The number of ether oxygens (including phenoxy) is 1. The Hall–Kier alpha value is -1.52. The number of aliphatic carboxylic acids is 1. The van der Waals surface area contributed by atoms with Crippen LogP contribution in [-0.2, 0) is 32.7 Å². The van der Waals surface area contributed by atoms with Crippen LogP contribution in [0.15, 0.2) is 0 Å². The average molecular weight is 455 g/mol. The molecule has 0 aromatic rings. The summed E-state index contributed by atoms with van der Waals surface area (Å²) in [6.07, 6.45) is 3.78. The molecule has 11 nitrogen and oxygen atoms in total. The van der Waals surface area contributed by atoms with Crippen LogP contribution in [0.4, 0.5) is 0 Å². The highest BCUT2D eigenvalue weighted by molar-refractivity contribution is 7.47. The van der Waals surface area contributed by atoms with Crippen LogP contribution in [-0.4, -0.2) is 64.9 Å². The van der Waals surface area contributed by atoms with Gasteiger partial charge in [0.2, 0.25) is 5.91 Å². The lowest BCUT2D eigenvalue weighted by atomic mass is 10.2. The van der Waals surface area contributed by atoms with E-state index in [0.29, 0.717) is 12.8 Å². The lowest BCUT2D eigenvalue weighted by Crippen LogP contribution is -2.43. The quantitative estimate of drug-likeness (QED) is 0.136. The summed E-state index contributed by atoms with van der Waals surface area (Å²) in [7, 11) is -4.69. The second kappa shape index (κ2) is 16.2. The molecule has 0 rings (SSSR count). The minimum Gasteiger partial charge on any atom is -0.480 e. The number of carbonyl (C=O) groups is 3. The van der Waals surface area contributed by atoms with Gasteiger partial charge in [-0.1, -0.05) is 39.5 Å². The highest BCUT2D eigenvalue weighted by Gasteiger charge is 2.28. The Labute approximate surface area is 176 Å². The van der Waals surface area contributed by atoms with Crippen molar-refractivity contribution >= 4 is 25.7 Å². The molecule has 0 saturated carbocycles. The fraction of sp³-hybridized carbons (Fsp3) is 0.833. The molecule has 0 radical (unpaired) electrons. The van der Waals surface area contributed by atoms with Crippen LogP contribution in [0.2, 0.25) is 0 Å². The Morgan fingerprint density at radius 2 is 1.50 bits per heavy atom. The summed E-state index contributed by atoms with van der Waals surface area (Å²) in [5, 5.41) is 21.0. The number of phosphoric acid groups is 1. The van der Waals surface area contributed by atoms with Gasteiger partial charge in [0.1, 0.15) is 12.7 Å². The summed E-state index contributed by atoms with van der Waals surface area (Å²) in [4.78, 5) is 44.0. The predicted octanol–water partition coefficient (Wildman–Crippen LogP) is 1.75. The van der Waals surface area contributed by atoms with Gasteiger partial charge in [-0.05, 0) is 12.8 Å². The SMILES string of the molecule is CCCCCC(=O)NC(COP(=O)(O)OCC(O)COC(=O)CCCCC)C(=O)O. The number of carboxylic acid groups (broad SMARTS) is 1. The number of esters is 1. The smallest absolute Gasteiger partial charge is 0.472 e. The van der Waals surface area contributed by atoms with E-state index in [1.54, 1.807) is 0 Å². The summed E-state index contributed by atoms with van der Waals surface area (Å²) in [5.41, 5.74) is 0. The fourth-order valence-electron chi connectivity index (χ4n) is 2.19. The molecule has 0 aliphatic carbocycles. The van der Waals surface area contributed by atoms with Crippen LogP contribution in [0.3, 0.4) is 0 Å². The van der Waals surface area contributed by atoms with Crippen molar-refractivity contribution in [2.24, 2.45) is 0 Å². The topological polar surface area (TPSA) is 169 Å². The Morgan fingerprint density at radius 1 is 0.933 bits per heavy atom. The van der Waals surface area contributed by atoms with E-state index in [1.807, 2.05) is 13.8 Å². The number of unbranched alkanes of at least 4 members (excludes halogenated alkanes) is 4. The molecule has 176 valence electrons. The zero-order valence-electron chi connectivity index (χ0n) is 17.6. The van der Waals surface area contributed by atoms with Crippen LogP contribution in [0, 0.1) is 0 Å². The van der Waals surface area contributed by atoms with Gasteiger partial charge in [0.25, 0.3) is 0 Å². The van der Waals surface area contributed by atoms with Gasteiger partial charge in [0.05, 0.1) is 13.2 Å². The van der Waals surface area contributed by atoms with E-state index in [4.69, 9.17) is 9.84 Å². The number of phosphoric ester groups is 1. The molecule has 0 bridgehead atoms. The Morgan fingerprint density at radius 3 is 2.07 bits per heavy atom. The van der Waals surface area contributed by atoms with Crippen LogP contribution < -0.4 is 5.32 Å². The number of rotatable bonds is 18. The third-order valence-electron chi connectivity index (χ3n) is 3.90. The average Bonchev–Trinajstić information content (AvgIpc) is 2.68. The maximum absolute atomic E-state index is 11.8. The Balaban J connectivity index is 4.28. The van der Waals surface area contributed by atoms with E-state index < -0.39 is 57.6 Å². The summed E-state index contributed by atoms with van der Waals surface area (Å²) in [6, 6.07) is -1.53. The van der Waals surface area contributed by atoms with Gasteiger partial charge in [-0.25, -0.2) is 9.36 Å². The summed E-state index contributed by atoms with van der Waals surface area (Å²) in [5.74, 6) is -2.44. The third-order valence-corrected chi connectivity index (χ3v) is 4.85. The number of hydrogen-bond donors (Lipinski definition) is 4. The molecule has 0 aliphatic rings. The number of hydrogen-bond acceptors (Lipinski definition) is 8. The molecule has 4 N–H and O–H groups in total. The highest BCUT2D eigenvalue weighted by atomic mass is 31.2. The standard InChI is InChI=1S/C18H34NO10P/c1-3-5-7-9-16(21)19-15(18(23)24)13-29-30(25,26)28-12-14(20)11-27-17(22)10-8-6-4-2/h14-15,20H,3-13H2,1-2H3,(H,19,21)(H,23,24)(H,25,26). The molecule has 1 amide bonds. The van der Waals surface area contributed by atoms with Gasteiger partial charge in [-0.15, -0.1) is 0 Å². The number of aliphatic hydroxyl groups excluding tert-OH is 1. The molecule has 0 heterocycles. The molecule has 0 aliphatic heterocycles. The summed E-state index contributed by atoms with van der Waals surface area (Å²) >= 11 is 0. The molecule has 0 spiro atoms. The summed E-state index contributed by atoms with van der Waals surface area (Å²) < 4.78 is 25.8. The zero-order valence-corrected chi connectivity index (χ0v) is 18.5. The second-order valence-corrected chi connectivity index (χ2v) is 8.22. The molecule has 3 atom stereocenters. The van der Waals surface area contributed by atoms with Crippen molar-refractivity contribution in [3.63, 3.8) is 0 Å². The van der Waals surface area contributed by atoms with Crippen molar-refractivity contribution in [1.29, 1.82) is 0 Å². The summed E-state index contributed by atoms with van der Waals surface area (Å²) in [6.45, 7) is 2.06. The highest BCUT2D eigenvalue weighted by Crippen LogP contribution is 2.43. The maximum Gasteiger partial charge on any atom is 0.472 e. The number of aliphatic hydroxyl groups is 1. The van der Waals surface area contributed by atoms with Gasteiger partial charge >= 0.3 is 19.8 Å². The number of amides is 1. The number of carbonyl (C=O) groups excluding carboxylic acids is 2. The van der Waals surface area contributed by atoms with E-state index in [9.17, 15) is 28.9 Å². The first-order valence-corrected chi connectivity index (χ1v) is 11.6. The van der Waals surface area contributed by atoms with E-state index in [2.05, 4.69) is 14.4 Å². The predicted molar refractivity (Wildman–Crippen MR) is 107 cm³/mol. The molecule has 30 heavy (non-hydrogen) atoms. The molecular weight excluding hydrogens is 421 g/mol. The maximum atomic E-state index is 11.8. The van der Waals surface area contributed by atoms with E-state index in [1.165, 1.54) is 0 Å². The molecule has 3 unspecified atom stereocenters. The molecule has 0 saturated heterocycles. The van der Waals surface area contributed by atoms with Gasteiger partial charge in [0.15, 0.2) is 6.04 Å². The minimum absolute atomic E-state index is 0.133. The zero-order chi connectivity index (χ0) is 23.0.